The van der Waals surface area contributed by atoms with E-state index in [0.717, 1.165) is 0 Å². The van der Waals surface area contributed by atoms with Gasteiger partial charge in [0.25, 0.3) is 0 Å². The molecule has 2 heterocycles. The van der Waals surface area contributed by atoms with E-state index in [2.05, 4.69) is 19.4 Å². The van der Waals surface area contributed by atoms with E-state index in [1.54, 1.807) is 6.92 Å². The quantitative estimate of drug-likeness (QED) is 0.584. The molecule has 0 spiro atoms. The van der Waals surface area contributed by atoms with Gasteiger partial charge in [-0.1, -0.05) is 0 Å². The van der Waals surface area contributed by atoms with E-state index in [9.17, 15) is 4.79 Å². The van der Waals surface area contributed by atoms with Gasteiger partial charge in [0.15, 0.2) is 11.2 Å². The zero-order chi connectivity index (χ0) is 7.84. The van der Waals surface area contributed by atoms with Gasteiger partial charge in [-0.05, 0) is 6.92 Å². The van der Waals surface area contributed by atoms with Crippen LogP contribution in [0.5, 0.6) is 0 Å². The van der Waals surface area contributed by atoms with Gasteiger partial charge in [-0.2, -0.15) is 0 Å². The second kappa shape index (κ2) is 1.91. The van der Waals surface area contributed by atoms with E-state index in [1.165, 1.54) is 6.20 Å². The number of nitrogens with zero attached hydrogens (tertiary/aromatic N) is 2. The highest BCUT2D eigenvalue weighted by Crippen LogP contribution is 2.03. The minimum absolute atomic E-state index is 0.389. The van der Waals surface area contributed by atoms with E-state index in [1.807, 2.05) is 0 Å². The zero-order valence-corrected chi connectivity index (χ0v) is 5.79. The van der Waals surface area contributed by atoms with Crippen molar-refractivity contribution in [1.82, 2.24) is 15.0 Å². The minimum Gasteiger partial charge on any atom is -0.404 e. The molecule has 5 heteroatoms. The van der Waals surface area contributed by atoms with Crippen molar-refractivity contribution in [1.29, 1.82) is 0 Å². The summed E-state index contributed by atoms with van der Waals surface area (Å²) in [5, 5.41) is 0. The van der Waals surface area contributed by atoms with Crippen LogP contribution < -0.4 is 5.76 Å². The van der Waals surface area contributed by atoms with E-state index in [4.69, 9.17) is 0 Å². The minimum atomic E-state index is -0.500. The van der Waals surface area contributed by atoms with E-state index in [0.29, 0.717) is 17.1 Å². The predicted octanol–water partition coefficient (Wildman–Crippen LogP) is 0.220. The maximum absolute atomic E-state index is 10.6. The van der Waals surface area contributed by atoms with Crippen LogP contribution in [-0.4, -0.2) is 15.0 Å². The van der Waals surface area contributed by atoms with Crippen LogP contribution in [0.15, 0.2) is 15.4 Å². The first-order chi connectivity index (χ1) is 5.25. The van der Waals surface area contributed by atoms with Gasteiger partial charge in [0.05, 0.1) is 6.20 Å². The van der Waals surface area contributed by atoms with E-state index < -0.39 is 5.76 Å². The fourth-order valence-corrected chi connectivity index (χ4v) is 0.845. The molecule has 0 radical (unpaired) electrons. The maximum Gasteiger partial charge on any atom is 0.418 e. The van der Waals surface area contributed by atoms with Gasteiger partial charge >= 0.3 is 5.76 Å². The average Bonchev–Trinajstić information content (AvgIpc) is 2.27. The van der Waals surface area contributed by atoms with Gasteiger partial charge in [0.2, 0.25) is 0 Å². The van der Waals surface area contributed by atoms with Crippen LogP contribution in [-0.2, 0) is 0 Å². The lowest BCUT2D eigenvalue weighted by Crippen LogP contribution is -1.94. The summed E-state index contributed by atoms with van der Waals surface area (Å²) in [6.45, 7) is 1.74. The topological polar surface area (TPSA) is 71.8 Å². The summed E-state index contributed by atoms with van der Waals surface area (Å²) in [5.41, 5.74) is 0.836. The summed E-state index contributed by atoms with van der Waals surface area (Å²) in [7, 11) is 0. The van der Waals surface area contributed by atoms with Crippen molar-refractivity contribution < 1.29 is 4.42 Å². The second-order valence-electron chi connectivity index (χ2n) is 2.14. The lowest BCUT2D eigenvalue weighted by atomic mass is 10.5. The van der Waals surface area contributed by atoms with E-state index in [-0.39, 0.29) is 0 Å². The number of aromatic amines is 1. The molecular formula is C6H5N3O2. The first kappa shape index (κ1) is 6.09. The number of hydrogen-bond donors (Lipinski definition) is 1. The van der Waals surface area contributed by atoms with Crippen LogP contribution >= 0.6 is 0 Å². The third-order valence-electron chi connectivity index (χ3n) is 1.30. The van der Waals surface area contributed by atoms with Crippen LogP contribution in [0.3, 0.4) is 0 Å². The molecule has 2 rings (SSSR count). The molecule has 0 aliphatic carbocycles. The molecule has 0 saturated carbocycles. The number of fused-ring (bicyclic) bond motifs is 1. The fourth-order valence-electron chi connectivity index (χ4n) is 0.845. The molecule has 2 aromatic heterocycles. The van der Waals surface area contributed by atoms with Crippen LogP contribution in [0.1, 0.15) is 5.82 Å². The fraction of sp³-hybridized carbons (Fsp3) is 0.167. The molecule has 0 saturated heterocycles. The first-order valence-corrected chi connectivity index (χ1v) is 3.08. The Hall–Kier alpha value is -1.65. The molecule has 1 N–H and O–H groups in total. The predicted molar refractivity (Wildman–Crippen MR) is 37.2 cm³/mol. The summed E-state index contributed by atoms with van der Waals surface area (Å²) in [4.78, 5) is 20.8. The van der Waals surface area contributed by atoms with Gasteiger partial charge in [-0.3, -0.25) is 4.98 Å². The number of hydrogen-bond acceptors (Lipinski definition) is 4. The van der Waals surface area contributed by atoms with Crippen LogP contribution in [0.4, 0.5) is 0 Å². The van der Waals surface area contributed by atoms with Gasteiger partial charge in [-0.15, -0.1) is 0 Å². The maximum atomic E-state index is 10.6. The Morgan fingerprint density at radius 2 is 2.45 bits per heavy atom. The SMILES string of the molecule is Cc1ncc2oc(=O)[nH]c2n1. The number of aromatic nitrogens is 3. The van der Waals surface area contributed by atoms with Crippen LogP contribution in [0.25, 0.3) is 11.2 Å². The highest BCUT2D eigenvalue weighted by atomic mass is 16.4. The first-order valence-electron chi connectivity index (χ1n) is 3.08. The highest BCUT2D eigenvalue weighted by molar-refractivity contribution is 5.65. The standard InChI is InChI=1S/C6H5N3O2/c1-3-7-2-4-5(8-3)9-6(10)11-4/h2H,1H3,(H,7,8,9,10). The van der Waals surface area contributed by atoms with Crippen molar-refractivity contribution >= 4 is 11.2 Å². The Morgan fingerprint density at radius 3 is 3.27 bits per heavy atom. The zero-order valence-electron chi connectivity index (χ0n) is 5.79. The third-order valence-corrected chi connectivity index (χ3v) is 1.30. The molecule has 0 aliphatic rings. The summed E-state index contributed by atoms with van der Waals surface area (Å²) >= 11 is 0. The molecular weight excluding hydrogens is 146 g/mol. The molecule has 0 bridgehead atoms. The Balaban J connectivity index is 2.92. The van der Waals surface area contributed by atoms with Crippen molar-refractivity contribution in [3.05, 3.63) is 22.6 Å². The summed E-state index contributed by atoms with van der Waals surface area (Å²) in [6.07, 6.45) is 1.47. The summed E-state index contributed by atoms with van der Waals surface area (Å²) in [6, 6.07) is 0. The van der Waals surface area contributed by atoms with Crippen molar-refractivity contribution in [2.24, 2.45) is 0 Å². The van der Waals surface area contributed by atoms with Gasteiger partial charge in [0, 0.05) is 0 Å². The largest absolute Gasteiger partial charge is 0.418 e. The second-order valence-corrected chi connectivity index (χ2v) is 2.14. The number of nitrogens with one attached hydrogen (secondary N) is 1. The van der Waals surface area contributed by atoms with Crippen molar-refractivity contribution in [3.8, 4) is 0 Å². The van der Waals surface area contributed by atoms with Gasteiger partial charge < -0.3 is 4.42 Å². The molecule has 0 unspecified atom stereocenters. The lowest BCUT2D eigenvalue weighted by molar-refractivity contribution is 0.554. The summed E-state index contributed by atoms with van der Waals surface area (Å²) in [5.74, 6) is 0.106. The number of rotatable bonds is 0. The third kappa shape index (κ3) is 0.899. The average molecular weight is 151 g/mol. The molecule has 5 nitrogen and oxygen atoms in total. The smallest absolute Gasteiger partial charge is 0.404 e. The van der Waals surface area contributed by atoms with Crippen molar-refractivity contribution in [3.63, 3.8) is 0 Å². The molecule has 56 valence electrons. The molecule has 0 aliphatic heterocycles. The molecule has 0 amide bonds. The number of aryl methyl sites for hydroxylation is 1. The Labute approximate surface area is 61.1 Å². The van der Waals surface area contributed by atoms with Crippen molar-refractivity contribution in [2.75, 3.05) is 0 Å². The number of oxazole rings is 1. The van der Waals surface area contributed by atoms with Gasteiger partial charge in [-0.25, -0.2) is 14.8 Å². The highest BCUT2D eigenvalue weighted by Gasteiger charge is 2.00. The Bertz CT molecular complexity index is 442. The molecule has 0 aromatic carbocycles. The Kier molecular flexibility index (Phi) is 1.06. The van der Waals surface area contributed by atoms with Crippen LogP contribution in [0.2, 0.25) is 0 Å². The summed E-state index contributed by atoms with van der Waals surface area (Å²) < 4.78 is 4.69. The normalized spacial score (nSPS) is 10.6. The van der Waals surface area contributed by atoms with Crippen molar-refractivity contribution in [2.45, 2.75) is 6.92 Å². The number of H-pyrrole nitrogens is 1. The van der Waals surface area contributed by atoms with E-state index >= 15 is 0 Å². The lowest BCUT2D eigenvalue weighted by Gasteiger charge is -1.86. The molecule has 11 heavy (non-hydrogen) atoms. The van der Waals surface area contributed by atoms with Crippen LogP contribution in [0, 0.1) is 6.92 Å². The van der Waals surface area contributed by atoms with Gasteiger partial charge in [0.1, 0.15) is 5.82 Å². The molecule has 0 fully saturated rings. The Morgan fingerprint density at radius 1 is 1.64 bits per heavy atom. The molecule has 0 atom stereocenters. The molecule has 2 aromatic rings. The monoisotopic (exact) mass is 151 g/mol.